The van der Waals surface area contributed by atoms with Crippen LogP contribution in [0.5, 0.6) is 0 Å². The predicted molar refractivity (Wildman–Crippen MR) is 87.2 cm³/mol. The topological polar surface area (TPSA) is 20.3 Å². The largest absolute Gasteiger partial charge is 0.364 e. The normalized spacial score (nSPS) is 13.9. The molecule has 0 bridgehead atoms. The number of aryl methyl sites for hydroxylation is 3. The molecular formula is C19H21NO. The lowest BCUT2D eigenvalue weighted by Crippen LogP contribution is -2.34. The zero-order chi connectivity index (χ0) is 14.8. The van der Waals surface area contributed by atoms with Crippen molar-refractivity contribution in [2.45, 2.75) is 26.7 Å². The average Bonchev–Trinajstić information content (AvgIpc) is 2.50. The molecule has 21 heavy (non-hydrogen) atoms. The van der Waals surface area contributed by atoms with E-state index < -0.39 is 0 Å². The number of Topliss-reactive ketones (excluding diaryl/α,β-unsaturated/α-hetero) is 1. The third-order valence-electron chi connectivity index (χ3n) is 4.23. The molecule has 0 fully saturated rings. The summed E-state index contributed by atoms with van der Waals surface area (Å²) in [5.41, 5.74) is 5.65. The van der Waals surface area contributed by atoms with Crippen molar-refractivity contribution < 1.29 is 4.79 Å². The lowest BCUT2D eigenvalue weighted by molar-refractivity contribution is 0.0998. The lowest BCUT2D eigenvalue weighted by Gasteiger charge is -2.30. The lowest BCUT2D eigenvalue weighted by atomic mass is 9.99. The second-order valence-electron chi connectivity index (χ2n) is 5.90. The van der Waals surface area contributed by atoms with E-state index in [1.165, 1.54) is 11.3 Å². The Hall–Kier alpha value is -2.09. The van der Waals surface area contributed by atoms with E-state index in [1.807, 2.05) is 26.0 Å². The minimum atomic E-state index is 0.216. The maximum absolute atomic E-state index is 12.7. The van der Waals surface area contributed by atoms with Crippen molar-refractivity contribution in [2.24, 2.45) is 0 Å². The van der Waals surface area contributed by atoms with E-state index >= 15 is 0 Å². The summed E-state index contributed by atoms with van der Waals surface area (Å²) in [5.74, 6) is 0.216. The molecule has 0 atom stereocenters. The van der Waals surface area contributed by atoms with Crippen LogP contribution in [-0.2, 0) is 6.42 Å². The first-order valence-electron chi connectivity index (χ1n) is 7.58. The molecule has 1 aliphatic heterocycles. The predicted octanol–water partition coefficient (Wildman–Crippen LogP) is 3.94. The van der Waals surface area contributed by atoms with Gasteiger partial charge in [0.15, 0.2) is 5.78 Å². The maximum Gasteiger partial charge on any atom is 0.182 e. The number of hydrogen-bond acceptors (Lipinski definition) is 2. The molecule has 0 aliphatic carbocycles. The molecule has 2 aromatic carbocycles. The number of benzene rings is 2. The summed E-state index contributed by atoms with van der Waals surface area (Å²) in [7, 11) is 0. The van der Waals surface area contributed by atoms with Gasteiger partial charge in [-0.05, 0) is 49.9 Å². The van der Waals surface area contributed by atoms with Gasteiger partial charge >= 0.3 is 0 Å². The van der Waals surface area contributed by atoms with Crippen LogP contribution in [0.15, 0.2) is 42.5 Å². The number of ketones is 1. The molecule has 1 aliphatic rings. The first kappa shape index (κ1) is 13.9. The second kappa shape index (κ2) is 5.72. The molecular weight excluding hydrogens is 258 g/mol. The zero-order valence-corrected chi connectivity index (χ0v) is 12.7. The molecule has 0 amide bonds. The Labute approximate surface area is 126 Å². The first-order valence-corrected chi connectivity index (χ1v) is 7.58. The Balaban J connectivity index is 1.84. The van der Waals surface area contributed by atoms with E-state index in [1.54, 1.807) is 0 Å². The summed E-state index contributed by atoms with van der Waals surface area (Å²) in [6.07, 6.45) is 2.24. The Morgan fingerprint density at radius 2 is 1.95 bits per heavy atom. The number of hydrogen-bond donors (Lipinski definition) is 0. The SMILES string of the molecule is Cc1ccc(C)c(C(=O)CN2CCCc3ccccc32)c1. The second-order valence-corrected chi connectivity index (χ2v) is 5.90. The van der Waals surface area contributed by atoms with E-state index in [0.717, 1.165) is 36.1 Å². The van der Waals surface area contributed by atoms with Crippen molar-refractivity contribution in [3.8, 4) is 0 Å². The van der Waals surface area contributed by atoms with E-state index in [2.05, 4.69) is 35.2 Å². The molecule has 0 radical (unpaired) electrons. The molecule has 0 saturated heterocycles. The van der Waals surface area contributed by atoms with Crippen LogP contribution in [0, 0.1) is 13.8 Å². The zero-order valence-electron chi connectivity index (χ0n) is 12.7. The highest BCUT2D eigenvalue weighted by atomic mass is 16.1. The van der Waals surface area contributed by atoms with Crippen LogP contribution >= 0.6 is 0 Å². The number of para-hydroxylation sites is 1. The van der Waals surface area contributed by atoms with E-state index in [-0.39, 0.29) is 5.78 Å². The van der Waals surface area contributed by atoms with Crippen molar-refractivity contribution in [1.82, 2.24) is 0 Å². The number of nitrogens with zero attached hydrogens (tertiary/aromatic N) is 1. The molecule has 0 aromatic heterocycles. The van der Waals surface area contributed by atoms with Gasteiger partial charge in [0, 0.05) is 17.8 Å². The molecule has 108 valence electrons. The maximum atomic E-state index is 12.7. The van der Waals surface area contributed by atoms with Crippen molar-refractivity contribution in [3.63, 3.8) is 0 Å². The highest BCUT2D eigenvalue weighted by Gasteiger charge is 2.20. The van der Waals surface area contributed by atoms with Gasteiger partial charge in [-0.25, -0.2) is 0 Å². The van der Waals surface area contributed by atoms with Crippen LogP contribution in [0.4, 0.5) is 5.69 Å². The number of anilines is 1. The molecule has 0 N–H and O–H groups in total. The quantitative estimate of drug-likeness (QED) is 0.793. The van der Waals surface area contributed by atoms with E-state index in [4.69, 9.17) is 0 Å². The third kappa shape index (κ3) is 2.85. The fraction of sp³-hybridized carbons (Fsp3) is 0.316. The third-order valence-corrected chi connectivity index (χ3v) is 4.23. The minimum Gasteiger partial charge on any atom is -0.364 e. The molecule has 1 heterocycles. The van der Waals surface area contributed by atoms with Crippen molar-refractivity contribution in [2.75, 3.05) is 18.0 Å². The molecule has 2 heteroatoms. The Morgan fingerprint density at radius 3 is 2.81 bits per heavy atom. The van der Waals surface area contributed by atoms with Crippen LogP contribution in [-0.4, -0.2) is 18.9 Å². The van der Waals surface area contributed by atoms with Gasteiger partial charge in [-0.1, -0.05) is 35.9 Å². The van der Waals surface area contributed by atoms with Gasteiger partial charge in [-0.3, -0.25) is 4.79 Å². The summed E-state index contributed by atoms with van der Waals surface area (Å²) in [6.45, 7) is 5.48. The van der Waals surface area contributed by atoms with Gasteiger partial charge in [0.2, 0.25) is 0 Å². The van der Waals surface area contributed by atoms with Crippen molar-refractivity contribution in [1.29, 1.82) is 0 Å². The van der Waals surface area contributed by atoms with E-state index in [0.29, 0.717) is 6.54 Å². The number of fused-ring (bicyclic) bond motifs is 1. The van der Waals surface area contributed by atoms with Gasteiger partial charge in [0.1, 0.15) is 0 Å². The van der Waals surface area contributed by atoms with Crippen LogP contribution in [0.25, 0.3) is 0 Å². The molecule has 0 saturated carbocycles. The smallest absolute Gasteiger partial charge is 0.182 e. The monoisotopic (exact) mass is 279 g/mol. The van der Waals surface area contributed by atoms with Gasteiger partial charge in [0.25, 0.3) is 0 Å². The van der Waals surface area contributed by atoms with Gasteiger partial charge in [-0.15, -0.1) is 0 Å². The number of carbonyl (C=O) groups is 1. The van der Waals surface area contributed by atoms with Crippen LogP contribution in [0.3, 0.4) is 0 Å². The number of carbonyl (C=O) groups excluding carboxylic acids is 1. The molecule has 0 unspecified atom stereocenters. The van der Waals surface area contributed by atoms with Crippen LogP contribution in [0.2, 0.25) is 0 Å². The standard InChI is InChI=1S/C19H21NO/c1-14-9-10-15(2)17(12-14)19(21)13-20-11-5-7-16-6-3-4-8-18(16)20/h3-4,6,8-10,12H,5,7,11,13H2,1-2H3. The number of rotatable bonds is 3. The molecule has 2 nitrogen and oxygen atoms in total. The fourth-order valence-electron chi connectivity index (χ4n) is 3.07. The van der Waals surface area contributed by atoms with Gasteiger partial charge < -0.3 is 4.90 Å². The van der Waals surface area contributed by atoms with E-state index in [9.17, 15) is 4.79 Å². The highest BCUT2D eigenvalue weighted by molar-refractivity contribution is 6.00. The first-order chi connectivity index (χ1) is 10.1. The fourth-order valence-corrected chi connectivity index (χ4v) is 3.07. The molecule has 3 rings (SSSR count). The summed E-state index contributed by atoms with van der Waals surface area (Å²) >= 11 is 0. The van der Waals surface area contributed by atoms with Crippen LogP contribution < -0.4 is 4.90 Å². The summed E-state index contributed by atoms with van der Waals surface area (Å²) < 4.78 is 0. The Kier molecular flexibility index (Phi) is 3.78. The average molecular weight is 279 g/mol. The Bertz CT molecular complexity index is 675. The Morgan fingerprint density at radius 1 is 1.14 bits per heavy atom. The summed E-state index contributed by atoms with van der Waals surface area (Å²) in [4.78, 5) is 14.9. The van der Waals surface area contributed by atoms with Crippen molar-refractivity contribution in [3.05, 3.63) is 64.7 Å². The molecule has 0 spiro atoms. The minimum absolute atomic E-state index is 0.216. The summed E-state index contributed by atoms with van der Waals surface area (Å²) in [6, 6.07) is 14.5. The highest BCUT2D eigenvalue weighted by Crippen LogP contribution is 2.27. The molecule has 2 aromatic rings. The van der Waals surface area contributed by atoms with Crippen molar-refractivity contribution >= 4 is 11.5 Å². The van der Waals surface area contributed by atoms with Crippen LogP contribution in [0.1, 0.15) is 33.5 Å². The van der Waals surface area contributed by atoms with Gasteiger partial charge in [-0.2, -0.15) is 0 Å². The van der Waals surface area contributed by atoms with Gasteiger partial charge in [0.05, 0.1) is 6.54 Å². The summed E-state index contributed by atoms with van der Waals surface area (Å²) in [5, 5.41) is 0.